The fraction of sp³-hybridized carbons (Fsp3) is 0.217. The number of nitrogens with zero attached hydrogens (tertiary/aromatic N) is 4. The lowest BCUT2D eigenvalue weighted by Crippen LogP contribution is -2.31. The third-order valence-electron chi connectivity index (χ3n) is 5.45. The molecule has 34 heavy (non-hydrogen) atoms. The highest BCUT2D eigenvalue weighted by Crippen LogP contribution is 2.30. The van der Waals surface area contributed by atoms with Gasteiger partial charge in [0.25, 0.3) is 5.56 Å². The smallest absolute Gasteiger partial charge is 0.368 e. The lowest BCUT2D eigenvalue weighted by Gasteiger charge is -2.25. The van der Waals surface area contributed by atoms with Gasteiger partial charge >= 0.3 is 6.18 Å². The van der Waals surface area contributed by atoms with Crippen LogP contribution < -0.4 is 16.6 Å². The highest BCUT2D eigenvalue weighted by atomic mass is 35.5. The standard InChI is InChI=1S/C23H20ClF3N6O/c1-12(13(2)29-18-11-17(23(25,26)27)31-22(28)32-18)20-30-16-10-6-9-15(24)19(16)21(34)33(20)14-7-4-3-5-8-14/h3-13H,1-2H3,(H3,28,29,31,32). The van der Waals surface area contributed by atoms with Crippen molar-refractivity contribution in [2.24, 2.45) is 0 Å². The van der Waals surface area contributed by atoms with Gasteiger partial charge in [0.2, 0.25) is 5.95 Å². The summed E-state index contributed by atoms with van der Waals surface area (Å²) in [4.78, 5) is 25.3. The summed E-state index contributed by atoms with van der Waals surface area (Å²) in [6.45, 7) is 3.56. The van der Waals surface area contributed by atoms with Crippen LogP contribution in [0.5, 0.6) is 0 Å². The van der Waals surface area contributed by atoms with Crippen LogP contribution in [-0.2, 0) is 6.18 Å². The molecule has 0 aliphatic heterocycles. The molecular weight excluding hydrogens is 469 g/mol. The average Bonchev–Trinajstić information content (AvgIpc) is 2.78. The van der Waals surface area contributed by atoms with E-state index in [9.17, 15) is 18.0 Å². The highest BCUT2D eigenvalue weighted by molar-refractivity contribution is 6.35. The van der Waals surface area contributed by atoms with Crippen molar-refractivity contribution < 1.29 is 13.2 Å². The van der Waals surface area contributed by atoms with E-state index >= 15 is 0 Å². The number of benzene rings is 2. The second-order valence-corrected chi connectivity index (χ2v) is 8.20. The van der Waals surface area contributed by atoms with E-state index in [0.717, 1.165) is 6.07 Å². The van der Waals surface area contributed by atoms with E-state index in [1.54, 1.807) is 49.4 Å². The highest BCUT2D eigenvalue weighted by Gasteiger charge is 2.34. The van der Waals surface area contributed by atoms with Crippen LogP contribution in [-0.4, -0.2) is 25.6 Å². The summed E-state index contributed by atoms with van der Waals surface area (Å²) in [6, 6.07) is 14.2. The summed E-state index contributed by atoms with van der Waals surface area (Å²) in [6.07, 6.45) is -4.67. The Balaban J connectivity index is 1.80. The SMILES string of the molecule is CC(Nc1cc(C(F)(F)F)nc(N)n1)C(C)c1nc2cccc(Cl)c2c(=O)n1-c1ccccc1. The van der Waals surface area contributed by atoms with E-state index in [4.69, 9.17) is 22.3 Å². The summed E-state index contributed by atoms with van der Waals surface area (Å²) in [5.41, 5.74) is 4.99. The van der Waals surface area contributed by atoms with Crippen molar-refractivity contribution in [3.63, 3.8) is 0 Å². The Morgan fingerprint density at radius 1 is 1.03 bits per heavy atom. The number of halogens is 4. The molecule has 4 rings (SSSR count). The molecule has 0 aliphatic carbocycles. The third kappa shape index (κ3) is 4.54. The van der Waals surface area contributed by atoms with Crippen molar-refractivity contribution in [1.82, 2.24) is 19.5 Å². The Hall–Kier alpha value is -3.66. The van der Waals surface area contributed by atoms with Crippen molar-refractivity contribution in [2.75, 3.05) is 11.1 Å². The van der Waals surface area contributed by atoms with Gasteiger partial charge in [-0.1, -0.05) is 42.8 Å². The number of rotatable bonds is 5. The van der Waals surface area contributed by atoms with E-state index in [0.29, 0.717) is 17.0 Å². The normalized spacial score (nSPS) is 13.6. The number of nitrogens with one attached hydrogen (secondary N) is 1. The molecule has 7 nitrogen and oxygen atoms in total. The minimum absolute atomic E-state index is 0.0865. The maximum atomic E-state index is 13.5. The van der Waals surface area contributed by atoms with Crippen LogP contribution in [0.2, 0.25) is 5.02 Å². The number of hydrogen-bond donors (Lipinski definition) is 2. The van der Waals surface area contributed by atoms with E-state index < -0.39 is 29.8 Å². The zero-order valence-corrected chi connectivity index (χ0v) is 18.9. The molecule has 0 aliphatic rings. The van der Waals surface area contributed by atoms with Crippen LogP contribution in [0.4, 0.5) is 24.9 Å². The molecule has 2 unspecified atom stereocenters. The molecular formula is C23H20ClF3N6O. The van der Waals surface area contributed by atoms with Crippen molar-refractivity contribution in [3.05, 3.63) is 81.5 Å². The fourth-order valence-electron chi connectivity index (χ4n) is 3.61. The maximum absolute atomic E-state index is 13.5. The van der Waals surface area contributed by atoms with E-state index in [-0.39, 0.29) is 21.8 Å². The first-order valence-corrected chi connectivity index (χ1v) is 10.7. The number of fused-ring (bicyclic) bond motifs is 1. The van der Waals surface area contributed by atoms with Crippen molar-refractivity contribution in [2.45, 2.75) is 32.0 Å². The van der Waals surface area contributed by atoms with E-state index in [1.165, 1.54) is 4.57 Å². The first-order chi connectivity index (χ1) is 16.1. The minimum Gasteiger partial charge on any atom is -0.368 e. The summed E-state index contributed by atoms with van der Waals surface area (Å²) < 4.78 is 40.9. The van der Waals surface area contributed by atoms with Gasteiger partial charge < -0.3 is 11.1 Å². The van der Waals surface area contributed by atoms with Gasteiger partial charge in [-0.05, 0) is 31.2 Å². The first-order valence-electron chi connectivity index (χ1n) is 10.3. The van der Waals surface area contributed by atoms with Gasteiger partial charge in [0.05, 0.1) is 21.6 Å². The number of para-hydroxylation sites is 1. The Labute approximate surface area is 197 Å². The van der Waals surface area contributed by atoms with Gasteiger partial charge in [-0.15, -0.1) is 0 Å². The summed E-state index contributed by atoms with van der Waals surface area (Å²) in [7, 11) is 0. The number of alkyl halides is 3. The Bertz CT molecular complexity index is 1410. The zero-order valence-electron chi connectivity index (χ0n) is 18.1. The quantitative estimate of drug-likeness (QED) is 0.408. The summed E-state index contributed by atoms with van der Waals surface area (Å²) >= 11 is 6.31. The van der Waals surface area contributed by atoms with Gasteiger partial charge in [0.15, 0.2) is 5.69 Å². The second kappa shape index (κ2) is 8.94. The monoisotopic (exact) mass is 488 g/mol. The molecule has 0 saturated carbocycles. The van der Waals surface area contributed by atoms with Crippen LogP contribution in [0.15, 0.2) is 59.4 Å². The van der Waals surface area contributed by atoms with Crippen molar-refractivity contribution in [1.29, 1.82) is 0 Å². The largest absolute Gasteiger partial charge is 0.433 e. The van der Waals surface area contributed by atoms with Gasteiger partial charge in [0, 0.05) is 18.0 Å². The van der Waals surface area contributed by atoms with Crippen molar-refractivity contribution >= 4 is 34.3 Å². The molecule has 0 bridgehead atoms. The van der Waals surface area contributed by atoms with Crippen molar-refractivity contribution in [3.8, 4) is 5.69 Å². The number of aromatic nitrogens is 4. The van der Waals surface area contributed by atoms with Crippen LogP contribution >= 0.6 is 11.6 Å². The number of nitrogens with two attached hydrogens (primary N) is 1. The van der Waals surface area contributed by atoms with Gasteiger partial charge in [-0.2, -0.15) is 18.2 Å². The molecule has 2 aromatic carbocycles. The molecule has 11 heteroatoms. The second-order valence-electron chi connectivity index (χ2n) is 7.80. The van der Waals surface area contributed by atoms with Gasteiger partial charge in [0.1, 0.15) is 11.6 Å². The first kappa shape index (κ1) is 23.5. The van der Waals surface area contributed by atoms with Gasteiger partial charge in [-0.3, -0.25) is 9.36 Å². The lowest BCUT2D eigenvalue weighted by atomic mass is 10.0. The Morgan fingerprint density at radius 2 is 1.74 bits per heavy atom. The molecule has 0 radical (unpaired) electrons. The molecule has 0 fully saturated rings. The minimum atomic E-state index is -4.67. The average molecular weight is 489 g/mol. The molecule has 0 amide bonds. The molecule has 0 spiro atoms. The molecule has 2 aromatic heterocycles. The van der Waals surface area contributed by atoms with E-state index in [1.807, 2.05) is 13.0 Å². The summed E-state index contributed by atoms with van der Waals surface area (Å²) in [5.74, 6) is -0.626. The fourth-order valence-corrected chi connectivity index (χ4v) is 3.86. The van der Waals surface area contributed by atoms with Crippen LogP contribution in [0.3, 0.4) is 0 Å². The Kier molecular flexibility index (Phi) is 6.18. The topological polar surface area (TPSA) is 98.7 Å². The van der Waals surface area contributed by atoms with Gasteiger partial charge in [-0.25, -0.2) is 9.97 Å². The molecule has 2 atom stereocenters. The molecule has 0 saturated heterocycles. The third-order valence-corrected chi connectivity index (χ3v) is 5.77. The lowest BCUT2D eigenvalue weighted by molar-refractivity contribution is -0.141. The molecule has 3 N–H and O–H groups in total. The van der Waals surface area contributed by atoms with Crippen LogP contribution in [0, 0.1) is 0 Å². The van der Waals surface area contributed by atoms with Crippen LogP contribution in [0.1, 0.15) is 31.3 Å². The number of anilines is 2. The zero-order chi connectivity index (χ0) is 24.6. The Morgan fingerprint density at radius 3 is 2.41 bits per heavy atom. The van der Waals surface area contributed by atoms with Crippen LogP contribution in [0.25, 0.3) is 16.6 Å². The predicted molar refractivity (Wildman–Crippen MR) is 125 cm³/mol. The predicted octanol–water partition coefficient (Wildman–Crippen LogP) is 5.03. The molecule has 4 aromatic rings. The molecule has 2 heterocycles. The number of hydrogen-bond acceptors (Lipinski definition) is 6. The van der Waals surface area contributed by atoms with E-state index in [2.05, 4.69) is 15.3 Å². The summed E-state index contributed by atoms with van der Waals surface area (Å²) in [5, 5.41) is 3.50. The number of nitrogen functional groups attached to an aromatic ring is 1. The molecule has 176 valence electrons. The maximum Gasteiger partial charge on any atom is 0.433 e.